The molecule has 14 heavy (non-hydrogen) atoms. The standard InChI is InChI=1S/C12H16FO/c1-4-10-11(9(2)8-13)6-5-7-12(10)14-3/h5-7,9H,2,4,8H2,1,3H3. The van der Waals surface area contributed by atoms with E-state index in [4.69, 9.17) is 4.74 Å². The third kappa shape index (κ3) is 2.06. The van der Waals surface area contributed by atoms with Crippen LogP contribution in [0.4, 0.5) is 4.39 Å². The Hall–Kier alpha value is -1.05. The Kier molecular flexibility index (Phi) is 3.93. The first-order valence-electron chi connectivity index (χ1n) is 4.79. The Morgan fingerprint density at radius 3 is 2.71 bits per heavy atom. The molecule has 1 radical (unpaired) electrons. The summed E-state index contributed by atoms with van der Waals surface area (Å²) in [4.78, 5) is 0. The van der Waals surface area contributed by atoms with E-state index in [0.717, 1.165) is 23.3 Å². The molecule has 0 bridgehead atoms. The molecule has 0 N–H and O–H groups in total. The first-order chi connectivity index (χ1) is 6.74. The molecule has 1 rings (SSSR count). The zero-order valence-corrected chi connectivity index (χ0v) is 8.72. The normalized spacial score (nSPS) is 12.6. The van der Waals surface area contributed by atoms with E-state index in [1.165, 1.54) is 0 Å². The van der Waals surface area contributed by atoms with E-state index in [0.29, 0.717) is 0 Å². The molecule has 1 aromatic rings. The van der Waals surface area contributed by atoms with Crippen molar-refractivity contribution in [2.24, 2.45) is 0 Å². The molecule has 0 fully saturated rings. The summed E-state index contributed by atoms with van der Waals surface area (Å²) in [5.41, 5.74) is 2.02. The van der Waals surface area contributed by atoms with Crippen LogP contribution in [0.1, 0.15) is 24.0 Å². The quantitative estimate of drug-likeness (QED) is 0.717. The van der Waals surface area contributed by atoms with Crippen LogP contribution in [0, 0.1) is 6.92 Å². The Labute approximate surface area is 84.9 Å². The van der Waals surface area contributed by atoms with Crippen LogP contribution in [0.2, 0.25) is 0 Å². The second-order valence-corrected chi connectivity index (χ2v) is 3.23. The van der Waals surface area contributed by atoms with Gasteiger partial charge in [0.1, 0.15) is 5.75 Å². The van der Waals surface area contributed by atoms with Gasteiger partial charge < -0.3 is 4.74 Å². The lowest BCUT2D eigenvalue weighted by molar-refractivity contribution is 0.407. The van der Waals surface area contributed by atoms with Crippen molar-refractivity contribution >= 4 is 0 Å². The molecular weight excluding hydrogens is 179 g/mol. The molecule has 77 valence electrons. The van der Waals surface area contributed by atoms with Gasteiger partial charge >= 0.3 is 0 Å². The van der Waals surface area contributed by atoms with Gasteiger partial charge in [0.05, 0.1) is 13.8 Å². The highest BCUT2D eigenvalue weighted by Gasteiger charge is 2.12. The fourth-order valence-corrected chi connectivity index (χ4v) is 1.62. The number of halogens is 1. The topological polar surface area (TPSA) is 9.23 Å². The third-order valence-corrected chi connectivity index (χ3v) is 2.37. The molecule has 2 heteroatoms. The minimum absolute atomic E-state index is 0.292. The van der Waals surface area contributed by atoms with Gasteiger partial charge in [-0.05, 0) is 30.5 Å². The molecule has 0 heterocycles. The van der Waals surface area contributed by atoms with E-state index in [9.17, 15) is 4.39 Å². The number of alkyl halides is 1. The van der Waals surface area contributed by atoms with Crippen molar-refractivity contribution < 1.29 is 9.13 Å². The number of hydrogen-bond donors (Lipinski definition) is 0. The second kappa shape index (κ2) is 4.99. The van der Waals surface area contributed by atoms with E-state index in [-0.39, 0.29) is 5.92 Å². The van der Waals surface area contributed by atoms with Crippen molar-refractivity contribution in [3.05, 3.63) is 36.2 Å². The molecule has 1 atom stereocenters. The molecular formula is C12H16FO. The van der Waals surface area contributed by atoms with Gasteiger partial charge in [0.15, 0.2) is 0 Å². The average molecular weight is 195 g/mol. The minimum Gasteiger partial charge on any atom is -0.496 e. The van der Waals surface area contributed by atoms with E-state index in [2.05, 4.69) is 6.92 Å². The molecule has 0 aliphatic carbocycles. The maximum Gasteiger partial charge on any atom is 0.122 e. The highest BCUT2D eigenvalue weighted by Crippen LogP contribution is 2.28. The summed E-state index contributed by atoms with van der Waals surface area (Å²) in [6.45, 7) is 5.38. The minimum atomic E-state index is -0.430. The van der Waals surface area contributed by atoms with Crippen LogP contribution in [0.5, 0.6) is 5.75 Å². The van der Waals surface area contributed by atoms with Crippen molar-refractivity contribution in [2.45, 2.75) is 19.3 Å². The van der Waals surface area contributed by atoms with Crippen molar-refractivity contribution in [3.63, 3.8) is 0 Å². The van der Waals surface area contributed by atoms with E-state index < -0.39 is 6.67 Å². The van der Waals surface area contributed by atoms with Crippen LogP contribution < -0.4 is 4.74 Å². The first kappa shape index (κ1) is 11.0. The number of benzene rings is 1. The van der Waals surface area contributed by atoms with Gasteiger partial charge in [0.25, 0.3) is 0 Å². The van der Waals surface area contributed by atoms with Crippen molar-refractivity contribution in [2.75, 3.05) is 13.8 Å². The van der Waals surface area contributed by atoms with Gasteiger partial charge in [-0.1, -0.05) is 19.1 Å². The number of methoxy groups -OCH3 is 1. The maximum atomic E-state index is 12.5. The SMILES string of the molecule is [CH2]C(CF)c1cccc(OC)c1CC. The molecule has 0 aliphatic heterocycles. The highest BCUT2D eigenvalue weighted by atomic mass is 19.1. The summed E-state index contributed by atoms with van der Waals surface area (Å²) in [7, 11) is 1.63. The van der Waals surface area contributed by atoms with E-state index in [1.807, 2.05) is 25.1 Å². The van der Waals surface area contributed by atoms with Crippen molar-refractivity contribution in [3.8, 4) is 5.75 Å². The molecule has 0 aromatic heterocycles. The first-order valence-corrected chi connectivity index (χ1v) is 4.79. The molecule has 1 aromatic carbocycles. The smallest absolute Gasteiger partial charge is 0.122 e. The Bertz CT molecular complexity index is 296. The zero-order valence-electron chi connectivity index (χ0n) is 8.72. The number of ether oxygens (including phenoxy) is 1. The summed E-state index contributed by atoms with van der Waals surface area (Å²) in [5.74, 6) is 0.534. The van der Waals surface area contributed by atoms with Gasteiger partial charge in [-0.25, -0.2) is 0 Å². The molecule has 0 saturated carbocycles. The van der Waals surface area contributed by atoms with Gasteiger partial charge in [-0.15, -0.1) is 0 Å². The Morgan fingerprint density at radius 1 is 1.50 bits per heavy atom. The predicted molar refractivity (Wildman–Crippen MR) is 56.4 cm³/mol. The van der Waals surface area contributed by atoms with Gasteiger partial charge in [0, 0.05) is 5.92 Å². The largest absolute Gasteiger partial charge is 0.496 e. The lowest BCUT2D eigenvalue weighted by Crippen LogP contribution is -2.02. The average Bonchev–Trinajstić information content (AvgIpc) is 2.26. The van der Waals surface area contributed by atoms with Gasteiger partial charge in [-0.2, -0.15) is 0 Å². The number of hydrogen-bond acceptors (Lipinski definition) is 1. The van der Waals surface area contributed by atoms with Gasteiger partial charge in [0.2, 0.25) is 0 Å². The molecule has 0 spiro atoms. The Balaban J connectivity index is 3.14. The van der Waals surface area contributed by atoms with E-state index >= 15 is 0 Å². The van der Waals surface area contributed by atoms with Crippen LogP contribution in [0.15, 0.2) is 18.2 Å². The van der Waals surface area contributed by atoms with Crippen LogP contribution >= 0.6 is 0 Å². The van der Waals surface area contributed by atoms with Crippen LogP contribution in [0.3, 0.4) is 0 Å². The summed E-state index contributed by atoms with van der Waals surface area (Å²) in [6, 6.07) is 5.69. The van der Waals surface area contributed by atoms with Gasteiger partial charge in [-0.3, -0.25) is 4.39 Å². The molecule has 1 nitrogen and oxygen atoms in total. The van der Waals surface area contributed by atoms with E-state index in [1.54, 1.807) is 7.11 Å². The summed E-state index contributed by atoms with van der Waals surface area (Å²) in [5, 5.41) is 0. The molecule has 0 aliphatic rings. The van der Waals surface area contributed by atoms with Crippen molar-refractivity contribution in [1.29, 1.82) is 0 Å². The van der Waals surface area contributed by atoms with Crippen LogP contribution in [0.25, 0.3) is 0 Å². The predicted octanol–water partition coefficient (Wildman–Crippen LogP) is 3.14. The number of rotatable bonds is 4. The fraction of sp³-hybridized carbons (Fsp3) is 0.417. The van der Waals surface area contributed by atoms with Crippen LogP contribution in [-0.2, 0) is 6.42 Å². The molecule has 0 saturated heterocycles. The summed E-state index contributed by atoms with van der Waals surface area (Å²) < 4.78 is 17.7. The summed E-state index contributed by atoms with van der Waals surface area (Å²) in [6.07, 6.45) is 0.839. The highest BCUT2D eigenvalue weighted by molar-refractivity contribution is 5.42. The fourth-order valence-electron chi connectivity index (χ4n) is 1.62. The molecule has 0 amide bonds. The zero-order chi connectivity index (χ0) is 10.6. The third-order valence-electron chi connectivity index (χ3n) is 2.37. The lowest BCUT2D eigenvalue weighted by Gasteiger charge is -2.15. The lowest BCUT2D eigenvalue weighted by atomic mass is 9.94. The maximum absolute atomic E-state index is 12.5. The monoisotopic (exact) mass is 195 g/mol. The van der Waals surface area contributed by atoms with Crippen LogP contribution in [-0.4, -0.2) is 13.8 Å². The Morgan fingerprint density at radius 2 is 2.21 bits per heavy atom. The molecule has 1 unspecified atom stereocenters. The van der Waals surface area contributed by atoms with Crippen molar-refractivity contribution in [1.82, 2.24) is 0 Å². The summed E-state index contributed by atoms with van der Waals surface area (Å²) >= 11 is 0. The second-order valence-electron chi connectivity index (χ2n) is 3.23.